The monoisotopic (exact) mass is 398 g/mol. The Labute approximate surface area is 114 Å². The molecule has 0 radical (unpaired) electrons. The third kappa shape index (κ3) is 3.89. The molecule has 0 aromatic heterocycles. The maximum absolute atomic E-state index is 10.7. The Morgan fingerprint density at radius 3 is 2.27 bits per heavy atom. The first-order valence-electron chi connectivity index (χ1n) is 4.18. The van der Waals surface area contributed by atoms with Crippen LogP contribution in [0.2, 0.25) is 0 Å². The summed E-state index contributed by atoms with van der Waals surface area (Å²) in [5, 5.41) is 0.729. The Morgan fingerprint density at radius 1 is 1.33 bits per heavy atom. The lowest BCUT2D eigenvalue weighted by molar-refractivity contribution is -0.131. The van der Waals surface area contributed by atoms with Gasteiger partial charge in [0.15, 0.2) is 0 Å². The molecule has 82 valence electrons. The van der Waals surface area contributed by atoms with E-state index in [9.17, 15) is 4.79 Å². The number of hydrogen-bond donors (Lipinski definition) is 0. The molecule has 15 heavy (non-hydrogen) atoms. The molecule has 0 aliphatic carbocycles. The van der Waals surface area contributed by atoms with Crippen LogP contribution in [0.1, 0.15) is 12.5 Å². The van der Waals surface area contributed by atoms with Gasteiger partial charge in [0, 0.05) is 12.3 Å². The fraction of sp³-hybridized carbons (Fsp3) is 0.300. The molecule has 2 nitrogen and oxygen atoms in total. The zero-order valence-corrected chi connectivity index (χ0v) is 12.7. The summed E-state index contributed by atoms with van der Waals surface area (Å²) in [6.07, 6.45) is 0. The summed E-state index contributed by atoms with van der Waals surface area (Å²) < 4.78 is 4.65. The molecule has 1 rings (SSSR count). The van der Waals surface area contributed by atoms with E-state index in [1.165, 1.54) is 6.92 Å². The van der Waals surface area contributed by atoms with Crippen LogP contribution in [0.25, 0.3) is 0 Å². The van der Waals surface area contributed by atoms with Gasteiger partial charge < -0.3 is 4.74 Å². The van der Waals surface area contributed by atoms with Crippen LogP contribution in [0, 0.1) is 0 Å². The lowest BCUT2D eigenvalue weighted by Crippen LogP contribution is -2.10. The van der Waals surface area contributed by atoms with E-state index in [-0.39, 0.29) is 9.20 Å². The molecule has 0 heterocycles. The van der Waals surface area contributed by atoms with E-state index >= 15 is 0 Å². The lowest BCUT2D eigenvalue weighted by Gasteiger charge is -2.17. The quantitative estimate of drug-likeness (QED) is 0.436. The van der Waals surface area contributed by atoms with Crippen molar-refractivity contribution in [3.05, 3.63) is 29.8 Å². The predicted molar refractivity (Wildman–Crippen MR) is 71.1 cm³/mol. The molecule has 5 heteroatoms. The van der Waals surface area contributed by atoms with Gasteiger partial charge in [-0.15, -0.1) is 0 Å². The van der Waals surface area contributed by atoms with Gasteiger partial charge in [-0.1, -0.05) is 59.9 Å². The standard InChI is InChI=1S/C10H9Br3O2/c1-7(14)15-9-4-2-8(3-5-9)10(12,13)6-11/h2-5H,6H2,1H3. The second kappa shape index (κ2) is 5.46. The van der Waals surface area contributed by atoms with Crippen molar-refractivity contribution in [2.24, 2.45) is 0 Å². The maximum atomic E-state index is 10.7. The number of hydrogen-bond acceptors (Lipinski definition) is 2. The van der Waals surface area contributed by atoms with Crippen molar-refractivity contribution in [1.82, 2.24) is 0 Å². The fourth-order valence-corrected chi connectivity index (χ4v) is 1.86. The molecule has 0 aliphatic rings. The molecule has 0 amide bonds. The van der Waals surface area contributed by atoms with Gasteiger partial charge in [0.25, 0.3) is 0 Å². The van der Waals surface area contributed by atoms with E-state index in [1.54, 1.807) is 12.1 Å². The summed E-state index contributed by atoms with van der Waals surface area (Å²) in [6, 6.07) is 7.30. The van der Waals surface area contributed by atoms with Crippen molar-refractivity contribution >= 4 is 53.8 Å². The van der Waals surface area contributed by atoms with Gasteiger partial charge in [-0.2, -0.15) is 0 Å². The van der Waals surface area contributed by atoms with E-state index in [4.69, 9.17) is 4.74 Å². The smallest absolute Gasteiger partial charge is 0.308 e. The number of halogens is 3. The molecule has 0 spiro atoms. The van der Waals surface area contributed by atoms with E-state index in [0.29, 0.717) is 5.75 Å². The zero-order chi connectivity index (χ0) is 11.5. The molecular weight excluding hydrogens is 392 g/mol. The van der Waals surface area contributed by atoms with Crippen LogP contribution >= 0.6 is 47.8 Å². The van der Waals surface area contributed by atoms with Gasteiger partial charge >= 0.3 is 5.97 Å². The van der Waals surface area contributed by atoms with Crippen molar-refractivity contribution in [1.29, 1.82) is 0 Å². The summed E-state index contributed by atoms with van der Waals surface area (Å²) in [6.45, 7) is 1.38. The molecule has 0 fully saturated rings. The Morgan fingerprint density at radius 2 is 1.87 bits per heavy atom. The molecule has 0 atom stereocenters. The van der Waals surface area contributed by atoms with E-state index in [1.807, 2.05) is 12.1 Å². The number of carbonyl (C=O) groups excluding carboxylic acids is 1. The molecule has 0 unspecified atom stereocenters. The predicted octanol–water partition coefficient (Wildman–Crippen LogP) is 3.95. The van der Waals surface area contributed by atoms with Gasteiger partial charge in [-0.25, -0.2) is 0 Å². The van der Waals surface area contributed by atoms with Gasteiger partial charge in [-0.05, 0) is 17.7 Å². The van der Waals surface area contributed by atoms with Crippen LogP contribution in [0.5, 0.6) is 5.75 Å². The first kappa shape index (κ1) is 13.2. The Balaban J connectivity index is 2.85. The van der Waals surface area contributed by atoms with Gasteiger partial charge in [0.1, 0.15) is 8.98 Å². The van der Waals surface area contributed by atoms with Gasteiger partial charge in [0.05, 0.1) is 0 Å². The second-order valence-corrected chi connectivity index (χ2v) is 7.29. The molecule has 0 saturated heterocycles. The number of esters is 1. The van der Waals surface area contributed by atoms with Crippen molar-refractivity contribution in [2.75, 3.05) is 5.33 Å². The summed E-state index contributed by atoms with van der Waals surface area (Å²) in [4.78, 5) is 10.7. The molecule has 0 aliphatic heterocycles. The molecule has 0 N–H and O–H groups in total. The minimum Gasteiger partial charge on any atom is -0.427 e. The SMILES string of the molecule is CC(=O)Oc1ccc(C(Br)(Br)CBr)cc1. The molecule has 1 aromatic carbocycles. The topological polar surface area (TPSA) is 26.3 Å². The van der Waals surface area contributed by atoms with Crippen LogP contribution in [0.4, 0.5) is 0 Å². The molecule has 1 aromatic rings. The summed E-state index contributed by atoms with van der Waals surface area (Å²) in [5.41, 5.74) is 1.05. The highest BCUT2D eigenvalue weighted by Crippen LogP contribution is 2.40. The van der Waals surface area contributed by atoms with Crippen LogP contribution in [0.15, 0.2) is 24.3 Å². The highest BCUT2D eigenvalue weighted by Gasteiger charge is 2.23. The second-order valence-electron chi connectivity index (χ2n) is 2.96. The minimum atomic E-state index is -0.313. The third-order valence-electron chi connectivity index (χ3n) is 1.71. The highest BCUT2D eigenvalue weighted by atomic mass is 79.9. The Bertz CT molecular complexity index is 346. The first-order valence-corrected chi connectivity index (χ1v) is 6.89. The maximum Gasteiger partial charge on any atom is 0.308 e. The average Bonchev–Trinajstić information content (AvgIpc) is 2.18. The van der Waals surface area contributed by atoms with Crippen LogP contribution in [-0.2, 0) is 8.03 Å². The average molecular weight is 401 g/mol. The van der Waals surface area contributed by atoms with E-state index in [2.05, 4.69) is 47.8 Å². The number of ether oxygens (including phenoxy) is 1. The summed E-state index contributed by atoms with van der Waals surface area (Å²) in [7, 11) is 0. The molecule has 0 bridgehead atoms. The zero-order valence-electron chi connectivity index (χ0n) is 7.97. The van der Waals surface area contributed by atoms with Crippen LogP contribution in [0.3, 0.4) is 0 Å². The lowest BCUT2D eigenvalue weighted by atomic mass is 10.2. The van der Waals surface area contributed by atoms with Gasteiger partial charge in [0.2, 0.25) is 0 Å². The largest absolute Gasteiger partial charge is 0.427 e. The minimum absolute atomic E-state index is 0.283. The Kier molecular flexibility index (Phi) is 4.80. The number of alkyl halides is 3. The normalized spacial score (nSPS) is 11.2. The Hall–Kier alpha value is 0.130. The number of benzene rings is 1. The van der Waals surface area contributed by atoms with E-state index < -0.39 is 0 Å². The van der Waals surface area contributed by atoms with E-state index in [0.717, 1.165) is 10.9 Å². The summed E-state index contributed by atoms with van der Waals surface area (Å²) >= 11 is 10.4. The number of carbonyl (C=O) groups is 1. The molecule has 0 saturated carbocycles. The third-order valence-corrected chi connectivity index (χ3v) is 5.53. The molecular formula is C10H9Br3O2. The van der Waals surface area contributed by atoms with Crippen molar-refractivity contribution in [2.45, 2.75) is 10.2 Å². The summed E-state index contributed by atoms with van der Waals surface area (Å²) in [5.74, 6) is 0.240. The van der Waals surface area contributed by atoms with Crippen LogP contribution < -0.4 is 4.74 Å². The number of rotatable bonds is 3. The van der Waals surface area contributed by atoms with Crippen LogP contribution in [-0.4, -0.2) is 11.3 Å². The first-order chi connectivity index (χ1) is 6.95. The van der Waals surface area contributed by atoms with Crippen molar-refractivity contribution < 1.29 is 9.53 Å². The van der Waals surface area contributed by atoms with Gasteiger partial charge in [-0.3, -0.25) is 4.79 Å². The van der Waals surface area contributed by atoms with Crippen molar-refractivity contribution in [3.63, 3.8) is 0 Å². The highest BCUT2D eigenvalue weighted by molar-refractivity contribution is 9.25. The van der Waals surface area contributed by atoms with Crippen molar-refractivity contribution in [3.8, 4) is 5.75 Å². The fourth-order valence-electron chi connectivity index (χ4n) is 1.01.